The maximum Gasteiger partial charge on any atom is 0.119 e. The summed E-state index contributed by atoms with van der Waals surface area (Å²) in [5.74, 6) is 0.870. The van der Waals surface area contributed by atoms with Gasteiger partial charge in [-0.3, -0.25) is 0 Å². The molecule has 0 unspecified atom stereocenters. The molecule has 0 amide bonds. The van der Waals surface area contributed by atoms with Crippen molar-refractivity contribution in [2.45, 2.75) is 6.61 Å². The first kappa shape index (κ1) is 11.5. The summed E-state index contributed by atoms with van der Waals surface area (Å²) in [4.78, 5) is 0. The molecular weight excluding hydrogens is 236 g/mol. The molecule has 0 aliphatic carbocycles. The highest BCUT2D eigenvalue weighted by Crippen LogP contribution is 2.12. The highest BCUT2D eigenvalue weighted by molar-refractivity contribution is 5.31. The normalized spacial score (nSPS) is 10.3. The predicted molar refractivity (Wildman–Crippen MR) is 74.3 cm³/mol. The molecule has 0 N–H and O–H groups in total. The fourth-order valence-corrected chi connectivity index (χ4v) is 1.84. The number of nitrogens with zero attached hydrogens (tertiary/aromatic N) is 2. The van der Waals surface area contributed by atoms with Crippen LogP contribution >= 0.6 is 0 Å². The Labute approximate surface area is 112 Å². The quantitative estimate of drug-likeness (QED) is 0.709. The maximum absolute atomic E-state index is 5.69. The number of benzene rings is 2. The van der Waals surface area contributed by atoms with E-state index in [2.05, 4.69) is 5.10 Å². The lowest BCUT2D eigenvalue weighted by molar-refractivity contribution is 0.306. The van der Waals surface area contributed by atoms with Gasteiger partial charge in [0.25, 0.3) is 0 Å². The van der Waals surface area contributed by atoms with Crippen LogP contribution in [0.3, 0.4) is 0 Å². The Morgan fingerprint density at radius 2 is 1.58 bits per heavy atom. The van der Waals surface area contributed by atoms with Gasteiger partial charge in [0.2, 0.25) is 0 Å². The highest BCUT2D eigenvalue weighted by atomic mass is 16.5. The summed E-state index contributed by atoms with van der Waals surface area (Å²) in [5.41, 5.74) is 2.10. The highest BCUT2D eigenvalue weighted by Gasteiger charge is 2.01. The molecule has 0 bridgehead atoms. The first-order valence-corrected chi connectivity index (χ1v) is 6.19. The van der Waals surface area contributed by atoms with E-state index >= 15 is 0 Å². The van der Waals surface area contributed by atoms with Gasteiger partial charge in [-0.15, -0.1) is 0 Å². The molecule has 2 aromatic carbocycles. The third kappa shape index (κ3) is 2.83. The molecular formula is C16H14N2O. The molecule has 3 nitrogen and oxygen atoms in total. The minimum atomic E-state index is 0.525. The van der Waals surface area contributed by atoms with Gasteiger partial charge >= 0.3 is 0 Å². The Morgan fingerprint density at radius 3 is 2.32 bits per heavy atom. The van der Waals surface area contributed by atoms with Crippen molar-refractivity contribution in [2.24, 2.45) is 0 Å². The lowest BCUT2D eigenvalue weighted by Gasteiger charge is -2.03. The molecule has 1 heterocycles. The van der Waals surface area contributed by atoms with Crippen LogP contribution in [0.1, 0.15) is 5.56 Å². The first-order chi connectivity index (χ1) is 9.42. The first-order valence-electron chi connectivity index (χ1n) is 6.19. The van der Waals surface area contributed by atoms with Crippen LogP contribution in [-0.2, 0) is 6.61 Å². The lowest BCUT2D eigenvalue weighted by Crippen LogP contribution is -1.95. The summed E-state index contributed by atoms with van der Waals surface area (Å²) in [6.07, 6.45) is 3.81. The van der Waals surface area contributed by atoms with E-state index in [0.717, 1.165) is 17.0 Å². The van der Waals surface area contributed by atoms with Crippen LogP contribution in [-0.4, -0.2) is 9.78 Å². The zero-order valence-corrected chi connectivity index (χ0v) is 10.4. The third-order valence-electron chi connectivity index (χ3n) is 2.81. The molecule has 0 saturated heterocycles. The average molecular weight is 250 g/mol. The molecule has 3 aromatic rings. The molecule has 3 heteroatoms. The smallest absolute Gasteiger partial charge is 0.119 e. The summed E-state index contributed by atoms with van der Waals surface area (Å²) < 4.78 is 7.54. The standard InChI is InChI=1S/C16H14N2O/c1-3-7-15(8-4-1)18-12-14(11-17-18)13-19-16-9-5-2-6-10-16/h1-12H,13H2. The van der Waals surface area contributed by atoms with E-state index in [1.807, 2.05) is 77.7 Å². The largest absolute Gasteiger partial charge is 0.489 e. The van der Waals surface area contributed by atoms with Crippen LogP contribution in [0.2, 0.25) is 0 Å². The van der Waals surface area contributed by atoms with Gasteiger partial charge in [0.1, 0.15) is 12.4 Å². The van der Waals surface area contributed by atoms with Crippen molar-refractivity contribution >= 4 is 0 Å². The molecule has 0 saturated carbocycles. The molecule has 1 aromatic heterocycles. The fraction of sp³-hybridized carbons (Fsp3) is 0.0625. The minimum absolute atomic E-state index is 0.525. The van der Waals surface area contributed by atoms with E-state index in [1.165, 1.54) is 0 Å². The van der Waals surface area contributed by atoms with Gasteiger partial charge in [0, 0.05) is 11.8 Å². The number of ether oxygens (including phenoxy) is 1. The molecule has 94 valence electrons. The van der Waals surface area contributed by atoms with E-state index in [4.69, 9.17) is 4.74 Å². The second-order valence-corrected chi connectivity index (χ2v) is 4.23. The number of hydrogen-bond acceptors (Lipinski definition) is 2. The maximum atomic E-state index is 5.69. The number of aromatic nitrogens is 2. The molecule has 19 heavy (non-hydrogen) atoms. The van der Waals surface area contributed by atoms with Gasteiger partial charge < -0.3 is 4.74 Å². The van der Waals surface area contributed by atoms with Crippen LogP contribution < -0.4 is 4.74 Å². The van der Waals surface area contributed by atoms with Gasteiger partial charge in [-0.1, -0.05) is 36.4 Å². The van der Waals surface area contributed by atoms with Gasteiger partial charge in [0.05, 0.1) is 11.9 Å². The van der Waals surface area contributed by atoms with Gasteiger partial charge in [0.15, 0.2) is 0 Å². The van der Waals surface area contributed by atoms with Crippen molar-refractivity contribution in [3.05, 3.63) is 78.6 Å². The van der Waals surface area contributed by atoms with Crippen LogP contribution in [0.15, 0.2) is 73.1 Å². The molecule has 0 fully saturated rings. The van der Waals surface area contributed by atoms with Crippen LogP contribution in [0.25, 0.3) is 5.69 Å². The van der Waals surface area contributed by atoms with Crippen LogP contribution in [0, 0.1) is 0 Å². The Morgan fingerprint density at radius 1 is 0.895 bits per heavy atom. The SMILES string of the molecule is c1ccc(OCc2cnn(-c3ccccc3)c2)cc1. The van der Waals surface area contributed by atoms with E-state index in [-0.39, 0.29) is 0 Å². The van der Waals surface area contributed by atoms with E-state index in [0.29, 0.717) is 6.61 Å². The fourth-order valence-electron chi connectivity index (χ4n) is 1.84. The van der Waals surface area contributed by atoms with Crippen molar-refractivity contribution in [2.75, 3.05) is 0 Å². The van der Waals surface area contributed by atoms with Crippen molar-refractivity contribution < 1.29 is 4.74 Å². The summed E-state index contributed by atoms with van der Waals surface area (Å²) in [7, 11) is 0. The molecule has 0 radical (unpaired) electrons. The number of para-hydroxylation sites is 2. The zero-order valence-electron chi connectivity index (χ0n) is 10.4. The second kappa shape index (κ2) is 5.40. The second-order valence-electron chi connectivity index (χ2n) is 4.23. The number of hydrogen-bond donors (Lipinski definition) is 0. The van der Waals surface area contributed by atoms with Gasteiger partial charge in [-0.2, -0.15) is 5.10 Å². The zero-order chi connectivity index (χ0) is 12.9. The van der Waals surface area contributed by atoms with E-state index in [9.17, 15) is 0 Å². The minimum Gasteiger partial charge on any atom is -0.489 e. The van der Waals surface area contributed by atoms with Gasteiger partial charge in [-0.05, 0) is 24.3 Å². The molecule has 0 atom stereocenters. The van der Waals surface area contributed by atoms with Crippen molar-refractivity contribution in [3.63, 3.8) is 0 Å². The topological polar surface area (TPSA) is 27.1 Å². The molecule has 0 aliphatic rings. The Kier molecular flexibility index (Phi) is 3.28. The Balaban J connectivity index is 1.69. The van der Waals surface area contributed by atoms with Crippen LogP contribution in [0.5, 0.6) is 5.75 Å². The third-order valence-corrected chi connectivity index (χ3v) is 2.81. The van der Waals surface area contributed by atoms with Crippen molar-refractivity contribution in [1.82, 2.24) is 9.78 Å². The van der Waals surface area contributed by atoms with E-state index < -0.39 is 0 Å². The summed E-state index contributed by atoms with van der Waals surface area (Å²) >= 11 is 0. The van der Waals surface area contributed by atoms with Crippen molar-refractivity contribution in [3.8, 4) is 11.4 Å². The Hall–Kier alpha value is -2.55. The van der Waals surface area contributed by atoms with Gasteiger partial charge in [-0.25, -0.2) is 4.68 Å². The van der Waals surface area contributed by atoms with Crippen LogP contribution in [0.4, 0.5) is 0 Å². The number of rotatable bonds is 4. The summed E-state index contributed by atoms with van der Waals surface area (Å²) in [6, 6.07) is 19.8. The average Bonchev–Trinajstić information content (AvgIpc) is 2.96. The van der Waals surface area contributed by atoms with Crippen molar-refractivity contribution in [1.29, 1.82) is 0 Å². The summed E-state index contributed by atoms with van der Waals surface area (Å²) in [6.45, 7) is 0.525. The lowest BCUT2D eigenvalue weighted by atomic mass is 10.3. The predicted octanol–water partition coefficient (Wildman–Crippen LogP) is 3.45. The Bertz CT molecular complexity index is 632. The molecule has 0 aliphatic heterocycles. The molecule has 3 rings (SSSR count). The monoisotopic (exact) mass is 250 g/mol. The van der Waals surface area contributed by atoms with E-state index in [1.54, 1.807) is 0 Å². The molecule has 0 spiro atoms. The summed E-state index contributed by atoms with van der Waals surface area (Å²) in [5, 5.41) is 4.34.